The summed E-state index contributed by atoms with van der Waals surface area (Å²) in [7, 11) is 1.41. The van der Waals surface area contributed by atoms with Gasteiger partial charge in [0.15, 0.2) is 11.6 Å². The maximum Gasteiger partial charge on any atom is 0.198 e. The lowest BCUT2D eigenvalue weighted by Crippen LogP contribution is -2.23. The number of ether oxygens (including phenoxy) is 1. The second kappa shape index (κ2) is 5.70. The predicted molar refractivity (Wildman–Crippen MR) is 102 cm³/mol. The fraction of sp³-hybridized carbons (Fsp3) is 0.130. The van der Waals surface area contributed by atoms with Crippen LogP contribution in [-0.4, -0.2) is 28.9 Å². The molecule has 0 unspecified atom stereocenters. The molecule has 138 valence electrons. The molecule has 2 aliphatic rings. The van der Waals surface area contributed by atoms with Crippen molar-refractivity contribution in [3.8, 4) is 28.4 Å². The van der Waals surface area contributed by atoms with E-state index in [-0.39, 0.29) is 39.5 Å². The Balaban J connectivity index is 1.81. The van der Waals surface area contributed by atoms with Crippen molar-refractivity contribution < 1.29 is 24.5 Å². The van der Waals surface area contributed by atoms with E-state index in [1.54, 1.807) is 6.07 Å². The van der Waals surface area contributed by atoms with Gasteiger partial charge in [-0.1, -0.05) is 24.3 Å². The van der Waals surface area contributed by atoms with Gasteiger partial charge in [0, 0.05) is 22.8 Å². The molecule has 0 atom stereocenters. The number of carbonyl (C=O) groups excluding carboxylic acids is 2. The Morgan fingerprint density at radius 3 is 2.25 bits per heavy atom. The molecule has 0 saturated heterocycles. The van der Waals surface area contributed by atoms with Crippen LogP contribution in [0.25, 0.3) is 11.1 Å². The molecule has 2 aliphatic carbocycles. The fourth-order valence-corrected chi connectivity index (χ4v) is 4.29. The molecule has 5 heteroatoms. The monoisotopic (exact) mass is 372 g/mol. The number of phenolic OH excluding ortho intramolecular Hbond substituents is 2. The highest BCUT2D eigenvalue weighted by atomic mass is 16.5. The molecule has 0 fully saturated rings. The van der Waals surface area contributed by atoms with Crippen molar-refractivity contribution in [2.75, 3.05) is 7.11 Å². The molecule has 28 heavy (non-hydrogen) atoms. The van der Waals surface area contributed by atoms with Gasteiger partial charge in [0.25, 0.3) is 0 Å². The van der Waals surface area contributed by atoms with Crippen molar-refractivity contribution in [3.05, 3.63) is 75.8 Å². The quantitative estimate of drug-likeness (QED) is 0.533. The van der Waals surface area contributed by atoms with Gasteiger partial charge in [-0.15, -0.1) is 0 Å². The van der Waals surface area contributed by atoms with E-state index in [1.165, 1.54) is 19.2 Å². The summed E-state index contributed by atoms with van der Waals surface area (Å²) in [5, 5.41) is 21.4. The average molecular weight is 372 g/mol. The van der Waals surface area contributed by atoms with Gasteiger partial charge >= 0.3 is 0 Å². The normalized spacial score (nSPS) is 14.0. The predicted octanol–water partition coefficient (Wildman–Crippen LogP) is 3.65. The summed E-state index contributed by atoms with van der Waals surface area (Å²) in [5.41, 5.74) is 3.52. The highest BCUT2D eigenvalue weighted by molar-refractivity contribution is 6.31. The summed E-state index contributed by atoms with van der Waals surface area (Å²) in [6.45, 7) is 0. The Kier molecular flexibility index (Phi) is 3.37. The van der Waals surface area contributed by atoms with Crippen LogP contribution in [0.4, 0.5) is 0 Å². The fourth-order valence-electron chi connectivity index (χ4n) is 4.29. The maximum absolute atomic E-state index is 13.2. The molecular weight excluding hydrogens is 356 g/mol. The minimum Gasteiger partial charge on any atom is -0.507 e. The summed E-state index contributed by atoms with van der Waals surface area (Å²) < 4.78 is 5.11. The van der Waals surface area contributed by atoms with Crippen LogP contribution in [-0.2, 0) is 12.8 Å². The summed E-state index contributed by atoms with van der Waals surface area (Å²) in [4.78, 5) is 26.3. The Bertz CT molecular complexity index is 1210. The van der Waals surface area contributed by atoms with Gasteiger partial charge in [0.2, 0.25) is 0 Å². The molecule has 0 heterocycles. The van der Waals surface area contributed by atoms with Crippen molar-refractivity contribution in [1.82, 2.24) is 0 Å². The van der Waals surface area contributed by atoms with Crippen molar-refractivity contribution in [3.63, 3.8) is 0 Å². The summed E-state index contributed by atoms with van der Waals surface area (Å²) >= 11 is 0. The molecule has 5 nitrogen and oxygen atoms in total. The van der Waals surface area contributed by atoms with Gasteiger partial charge in [-0.05, 0) is 41.7 Å². The van der Waals surface area contributed by atoms with E-state index >= 15 is 0 Å². The Morgan fingerprint density at radius 2 is 1.46 bits per heavy atom. The van der Waals surface area contributed by atoms with Crippen molar-refractivity contribution >= 4 is 11.6 Å². The van der Waals surface area contributed by atoms with Crippen LogP contribution in [0.1, 0.15) is 43.0 Å². The number of rotatable bonds is 1. The van der Waals surface area contributed by atoms with Crippen LogP contribution in [0.2, 0.25) is 0 Å². The van der Waals surface area contributed by atoms with Crippen LogP contribution in [0.3, 0.4) is 0 Å². The SMILES string of the molecule is COc1cc(O)c2c(c1)C(=O)c1c(cc3c(c1O)-c1ccccc1CC3)C2=O. The van der Waals surface area contributed by atoms with Gasteiger partial charge in [0.05, 0.1) is 18.2 Å². The molecule has 0 amide bonds. The van der Waals surface area contributed by atoms with Crippen LogP contribution in [0.5, 0.6) is 17.2 Å². The molecule has 0 aliphatic heterocycles. The van der Waals surface area contributed by atoms with Crippen LogP contribution < -0.4 is 4.74 Å². The lowest BCUT2D eigenvalue weighted by atomic mass is 9.77. The van der Waals surface area contributed by atoms with E-state index < -0.39 is 11.6 Å². The van der Waals surface area contributed by atoms with Gasteiger partial charge in [-0.3, -0.25) is 9.59 Å². The first-order chi connectivity index (χ1) is 13.5. The first-order valence-corrected chi connectivity index (χ1v) is 8.98. The van der Waals surface area contributed by atoms with E-state index in [9.17, 15) is 19.8 Å². The van der Waals surface area contributed by atoms with Crippen molar-refractivity contribution in [2.45, 2.75) is 12.8 Å². The minimum atomic E-state index is -0.498. The van der Waals surface area contributed by atoms with Crippen molar-refractivity contribution in [2.24, 2.45) is 0 Å². The number of phenols is 2. The summed E-state index contributed by atoms with van der Waals surface area (Å²) in [5.74, 6) is -1.18. The van der Waals surface area contributed by atoms with E-state index in [2.05, 4.69) is 0 Å². The molecule has 2 N–H and O–H groups in total. The van der Waals surface area contributed by atoms with E-state index in [0.29, 0.717) is 12.0 Å². The highest BCUT2D eigenvalue weighted by Gasteiger charge is 2.37. The zero-order chi connectivity index (χ0) is 19.6. The van der Waals surface area contributed by atoms with Crippen LogP contribution >= 0.6 is 0 Å². The Morgan fingerprint density at radius 1 is 0.786 bits per heavy atom. The molecular formula is C23H16O5. The smallest absolute Gasteiger partial charge is 0.198 e. The van der Waals surface area contributed by atoms with Crippen LogP contribution in [0, 0.1) is 0 Å². The molecule has 0 saturated carbocycles. The molecule has 0 bridgehead atoms. The van der Waals surface area contributed by atoms with Gasteiger partial charge < -0.3 is 14.9 Å². The standard InChI is InChI=1S/C23H16O5/c1-28-13-9-16-19(17(24)10-13)21(25)15-8-12-7-6-11-4-2-3-5-14(11)18(12)23(27)20(15)22(16)26/h2-5,8-10,24,27H,6-7H2,1H3. The van der Waals surface area contributed by atoms with E-state index in [1.807, 2.05) is 24.3 Å². The largest absolute Gasteiger partial charge is 0.507 e. The first-order valence-electron chi connectivity index (χ1n) is 8.98. The molecule has 3 aromatic rings. The molecule has 5 rings (SSSR count). The van der Waals surface area contributed by atoms with Crippen molar-refractivity contribution in [1.29, 1.82) is 0 Å². The third-order valence-electron chi connectivity index (χ3n) is 5.60. The topological polar surface area (TPSA) is 83.8 Å². The van der Waals surface area contributed by atoms with E-state index in [4.69, 9.17) is 4.74 Å². The first kappa shape index (κ1) is 16.6. The zero-order valence-electron chi connectivity index (χ0n) is 15.1. The lowest BCUT2D eigenvalue weighted by Gasteiger charge is -2.26. The third-order valence-corrected chi connectivity index (χ3v) is 5.60. The Hall–Kier alpha value is -3.60. The molecule has 0 aromatic heterocycles. The minimum absolute atomic E-state index is 0.0133. The molecule has 3 aromatic carbocycles. The number of aromatic hydroxyl groups is 2. The number of fused-ring (bicyclic) bond motifs is 5. The second-order valence-corrected chi connectivity index (χ2v) is 7.07. The molecule has 0 spiro atoms. The average Bonchev–Trinajstić information content (AvgIpc) is 2.70. The van der Waals surface area contributed by atoms with Crippen LogP contribution in [0.15, 0.2) is 42.5 Å². The van der Waals surface area contributed by atoms with E-state index in [0.717, 1.165) is 23.1 Å². The number of methoxy groups -OCH3 is 1. The number of hydrogen-bond acceptors (Lipinski definition) is 5. The number of benzene rings is 3. The summed E-state index contributed by atoms with van der Waals surface area (Å²) in [6.07, 6.45) is 1.46. The number of aryl methyl sites for hydroxylation is 2. The lowest BCUT2D eigenvalue weighted by molar-refractivity contribution is 0.0974. The zero-order valence-corrected chi connectivity index (χ0v) is 15.1. The number of carbonyl (C=O) groups is 2. The maximum atomic E-state index is 13.2. The van der Waals surface area contributed by atoms with Gasteiger partial charge in [-0.25, -0.2) is 0 Å². The highest BCUT2D eigenvalue weighted by Crippen LogP contribution is 2.46. The summed E-state index contributed by atoms with van der Waals surface area (Å²) in [6, 6.07) is 12.2. The third kappa shape index (κ3) is 2.07. The second-order valence-electron chi connectivity index (χ2n) is 7.07. The van der Waals surface area contributed by atoms with Gasteiger partial charge in [-0.2, -0.15) is 0 Å². The Labute approximate surface area is 160 Å². The number of hydrogen-bond donors (Lipinski definition) is 2. The molecule has 0 radical (unpaired) electrons. The van der Waals surface area contributed by atoms with Gasteiger partial charge in [0.1, 0.15) is 17.2 Å². The number of ketones is 2.